The van der Waals surface area contributed by atoms with Gasteiger partial charge in [0.1, 0.15) is 0 Å². The Kier molecular flexibility index (Phi) is 3.11. The standard InChI is InChI=1S/C18H22N2O/c21-18(11-9-14-5-1-4-8-17(14)18)13-15-10-12-20(19-15)16-6-2-3-7-16/h1,4-5,8,10,12,16,21H,2-3,6-7,9,11,13H2. The van der Waals surface area contributed by atoms with Gasteiger partial charge in [0, 0.05) is 12.6 Å². The molecule has 1 atom stereocenters. The summed E-state index contributed by atoms with van der Waals surface area (Å²) >= 11 is 0. The van der Waals surface area contributed by atoms with E-state index in [1.165, 1.54) is 31.2 Å². The van der Waals surface area contributed by atoms with Crippen molar-refractivity contribution in [1.82, 2.24) is 9.78 Å². The molecule has 1 heterocycles. The number of hydrogen-bond donors (Lipinski definition) is 1. The zero-order chi connectivity index (χ0) is 14.3. The predicted octanol–water partition coefficient (Wildman–Crippen LogP) is 3.37. The van der Waals surface area contributed by atoms with Crippen molar-refractivity contribution in [3.05, 3.63) is 53.3 Å². The molecule has 0 spiro atoms. The van der Waals surface area contributed by atoms with Crippen LogP contribution in [-0.2, 0) is 18.4 Å². The van der Waals surface area contributed by atoms with E-state index in [4.69, 9.17) is 5.10 Å². The van der Waals surface area contributed by atoms with Gasteiger partial charge in [-0.3, -0.25) is 4.68 Å². The topological polar surface area (TPSA) is 38.0 Å². The van der Waals surface area contributed by atoms with E-state index in [0.717, 1.165) is 24.1 Å². The van der Waals surface area contributed by atoms with E-state index in [9.17, 15) is 5.11 Å². The van der Waals surface area contributed by atoms with Gasteiger partial charge >= 0.3 is 0 Å². The van der Waals surface area contributed by atoms with Crippen LogP contribution in [0.4, 0.5) is 0 Å². The Morgan fingerprint density at radius 3 is 2.86 bits per heavy atom. The smallest absolute Gasteiger partial charge is 0.0958 e. The van der Waals surface area contributed by atoms with Crippen LogP contribution >= 0.6 is 0 Å². The first-order valence-electron chi connectivity index (χ1n) is 8.09. The van der Waals surface area contributed by atoms with Crippen LogP contribution in [0.15, 0.2) is 36.5 Å². The van der Waals surface area contributed by atoms with Gasteiger partial charge in [-0.2, -0.15) is 5.10 Å². The van der Waals surface area contributed by atoms with Gasteiger partial charge in [0.15, 0.2) is 0 Å². The first kappa shape index (κ1) is 13.1. The van der Waals surface area contributed by atoms with Crippen LogP contribution in [0.5, 0.6) is 0 Å². The molecular formula is C18H22N2O. The van der Waals surface area contributed by atoms with Crippen LogP contribution in [0, 0.1) is 0 Å². The lowest BCUT2D eigenvalue weighted by Crippen LogP contribution is -2.25. The highest BCUT2D eigenvalue weighted by Crippen LogP contribution is 2.39. The fourth-order valence-electron chi connectivity index (χ4n) is 4.00. The third-order valence-electron chi connectivity index (χ3n) is 5.16. The summed E-state index contributed by atoms with van der Waals surface area (Å²) in [6, 6.07) is 10.9. The van der Waals surface area contributed by atoms with E-state index in [1.807, 2.05) is 6.07 Å². The maximum Gasteiger partial charge on any atom is 0.0958 e. The van der Waals surface area contributed by atoms with Gasteiger partial charge in [0.25, 0.3) is 0 Å². The molecule has 1 N–H and O–H groups in total. The molecule has 0 amide bonds. The molecule has 1 saturated carbocycles. The van der Waals surface area contributed by atoms with Crippen molar-refractivity contribution in [1.29, 1.82) is 0 Å². The minimum Gasteiger partial charge on any atom is -0.385 e. The summed E-state index contributed by atoms with van der Waals surface area (Å²) in [6.45, 7) is 0. The van der Waals surface area contributed by atoms with Crippen molar-refractivity contribution in [3.8, 4) is 0 Å². The number of aryl methyl sites for hydroxylation is 1. The molecule has 0 bridgehead atoms. The monoisotopic (exact) mass is 282 g/mol. The van der Waals surface area contributed by atoms with E-state index in [1.54, 1.807) is 0 Å². The molecule has 1 aromatic heterocycles. The van der Waals surface area contributed by atoms with E-state index in [0.29, 0.717) is 12.5 Å². The van der Waals surface area contributed by atoms with Crippen LogP contribution in [0.25, 0.3) is 0 Å². The Balaban J connectivity index is 1.56. The maximum atomic E-state index is 11.0. The zero-order valence-electron chi connectivity index (χ0n) is 12.3. The molecule has 1 fully saturated rings. The minimum atomic E-state index is -0.731. The molecule has 0 aliphatic heterocycles. The highest BCUT2D eigenvalue weighted by atomic mass is 16.3. The normalized spacial score (nSPS) is 25.4. The van der Waals surface area contributed by atoms with Crippen molar-refractivity contribution in [3.63, 3.8) is 0 Å². The first-order chi connectivity index (χ1) is 10.2. The second kappa shape index (κ2) is 4.99. The minimum absolute atomic E-state index is 0.573. The van der Waals surface area contributed by atoms with Gasteiger partial charge in [0.2, 0.25) is 0 Å². The van der Waals surface area contributed by atoms with E-state index >= 15 is 0 Å². The molecule has 21 heavy (non-hydrogen) atoms. The fourth-order valence-corrected chi connectivity index (χ4v) is 4.00. The number of rotatable bonds is 3. The van der Waals surface area contributed by atoms with Crippen molar-refractivity contribution in [2.45, 2.75) is 56.6 Å². The molecular weight excluding hydrogens is 260 g/mol. The maximum absolute atomic E-state index is 11.0. The quantitative estimate of drug-likeness (QED) is 0.937. The number of benzene rings is 1. The Labute approximate surface area is 125 Å². The lowest BCUT2D eigenvalue weighted by molar-refractivity contribution is 0.0378. The number of aliphatic hydroxyl groups is 1. The highest BCUT2D eigenvalue weighted by Gasteiger charge is 2.37. The van der Waals surface area contributed by atoms with Crippen LogP contribution < -0.4 is 0 Å². The molecule has 110 valence electrons. The average Bonchev–Trinajstić information content (AvgIpc) is 3.20. The highest BCUT2D eigenvalue weighted by molar-refractivity contribution is 5.38. The number of aromatic nitrogens is 2. The number of nitrogens with zero attached hydrogens (tertiary/aromatic N) is 2. The zero-order valence-corrected chi connectivity index (χ0v) is 12.3. The van der Waals surface area contributed by atoms with E-state index in [-0.39, 0.29) is 0 Å². The second-order valence-corrected chi connectivity index (χ2v) is 6.59. The molecule has 0 saturated heterocycles. The molecule has 1 aromatic carbocycles. The first-order valence-corrected chi connectivity index (χ1v) is 8.09. The summed E-state index contributed by atoms with van der Waals surface area (Å²) in [5, 5.41) is 15.8. The average molecular weight is 282 g/mol. The van der Waals surface area contributed by atoms with Crippen molar-refractivity contribution in [2.24, 2.45) is 0 Å². The molecule has 1 unspecified atom stereocenters. The van der Waals surface area contributed by atoms with Crippen LogP contribution in [0.1, 0.15) is 55.0 Å². The lowest BCUT2D eigenvalue weighted by atomic mass is 9.91. The van der Waals surface area contributed by atoms with Gasteiger partial charge in [-0.05, 0) is 42.9 Å². The summed E-state index contributed by atoms with van der Waals surface area (Å²) in [7, 11) is 0. The van der Waals surface area contributed by atoms with Crippen molar-refractivity contribution in [2.75, 3.05) is 0 Å². The molecule has 2 aromatic rings. The van der Waals surface area contributed by atoms with Gasteiger partial charge in [0.05, 0.1) is 17.3 Å². The third-order valence-corrected chi connectivity index (χ3v) is 5.16. The SMILES string of the molecule is OC1(Cc2ccn(C3CCCC3)n2)CCc2ccccc21. The molecule has 2 aliphatic rings. The van der Waals surface area contributed by atoms with Gasteiger partial charge < -0.3 is 5.11 Å². The lowest BCUT2D eigenvalue weighted by Gasteiger charge is -2.23. The molecule has 3 nitrogen and oxygen atoms in total. The fraction of sp³-hybridized carbons (Fsp3) is 0.500. The van der Waals surface area contributed by atoms with Crippen LogP contribution in [0.2, 0.25) is 0 Å². The van der Waals surface area contributed by atoms with E-state index in [2.05, 4.69) is 35.1 Å². The number of fused-ring (bicyclic) bond motifs is 1. The van der Waals surface area contributed by atoms with Crippen molar-refractivity contribution < 1.29 is 5.11 Å². The van der Waals surface area contributed by atoms with Crippen LogP contribution in [0.3, 0.4) is 0 Å². The predicted molar refractivity (Wildman–Crippen MR) is 82.1 cm³/mol. The molecule has 3 heteroatoms. The largest absolute Gasteiger partial charge is 0.385 e. The van der Waals surface area contributed by atoms with Gasteiger partial charge in [-0.1, -0.05) is 37.1 Å². The molecule has 2 aliphatic carbocycles. The Hall–Kier alpha value is -1.61. The summed E-state index contributed by atoms with van der Waals surface area (Å²) in [5.74, 6) is 0. The summed E-state index contributed by atoms with van der Waals surface area (Å²) in [5.41, 5.74) is 2.67. The Morgan fingerprint density at radius 1 is 1.19 bits per heavy atom. The van der Waals surface area contributed by atoms with Gasteiger partial charge in [-0.25, -0.2) is 0 Å². The Bertz CT molecular complexity index is 642. The summed E-state index contributed by atoms with van der Waals surface area (Å²) < 4.78 is 2.12. The third kappa shape index (κ3) is 2.30. The van der Waals surface area contributed by atoms with E-state index < -0.39 is 5.60 Å². The van der Waals surface area contributed by atoms with Crippen molar-refractivity contribution >= 4 is 0 Å². The molecule has 0 radical (unpaired) electrons. The Morgan fingerprint density at radius 2 is 2.00 bits per heavy atom. The van der Waals surface area contributed by atoms with Gasteiger partial charge in [-0.15, -0.1) is 0 Å². The van der Waals surface area contributed by atoms with Crippen LogP contribution in [-0.4, -0.2) is 14.9 Å². The summed E-state index contributed by atoms with van der Waals surface area (Å²) in [4.78, 5) is 0. The summed E-state index contributed by atoms with van der Waals surface area (Å²) in [6.07, 6.45) is 9.62. The second-order valence-electron chi connectivity index (χ2n) is 6.59. The number of hydrogen-bond acceptors (Lipinski definition) is 2. The molecule has 4 rings (SSSR count).